The van der Waals surface area contributed by atoms with Crippen LogP contribution >= 0.6 is 0 Å². The molecule has 0 saturated carbocycles. The molecule has 0 aliphatic heterocycles. The number of hydrogen-bond donors (Lipinski definition) is 1. The van der Waals surface area contributed by atoms with Gasteiger partial charge in [0.2, 0.25) is 0 Å². The number of nitrogens with one attached hydrogen (secondary N) is 1. The van der Waals surface area contributed by atoms with Gasteiger partial charge in [0, 0.05) is 12.1 Å². The highest BCUT2D eigenvalue weighted by Crippen LogP contribution is 2.28. The van der Waals surface area contributed by atoms with Crippen molar-refractivity contribution in [3.8, 4) is 0 Å². The maximum Gasteiger partial charge on any atom is 0.337 e. The van der Waals surface area contributed by atoms with Crippen LogP contribution in [0.25, 0.3) is 0 Å². The summed E-state index contributed by atoms with van der Waals surface area (Å²) in [5, 5.41) is 2.85. The number of ether oxygens (including phenoxy) is 1. The minimum atomic E-state index is -0.413. The van der Waals surface area contributed by atoms with Crippen LogP contribution in [-0.2, 0) is 11.2 Å². The monoisotopic (exact) mass is 419 g/mol. The summed E-state index contributed by atoms with van der Waals surface area (Å²) in [6.07, 6.45) is 0.639. The van der Waals surface area contributed by atoms with E-state index in [1.807, 2.05) is 13.0 Å². The number of hydrogen-bond acceptors (Lipinski definition) is 4. The first-order valence-electron chi connectivity index (χ1n) is 10.3. The van der Waals surface area contributed by atoms with Crippen molar-refractivity contribution in [2.45, 2.75) is 48.0 Å². The average Bonchev–Trinajstić information content (AvgIpc) is 3.23. The van der Waals surface area contributed by atoms with Crippen LogP contribution in [0.5, 0.6) is 0 Å². The van der Waals surface area contributed by atoms with Gasteiger partial charge in [0.15, 0.2) is 5.76 Å². The van der Waals surface area contributed by atoms with Crippen LogP contribution in [0.2, 0.25) is 0 Å². The lowest BCUT2D eigenvalue weighted by molar-refractivity contribution is 0.0600. The summed E-state index contributed by atoms with van der Waals surface area (Å²) in [4.78, 5) is 24.4. The molecule has 0 saturated heterocycles. The number of carbonyl (C=O) groups excluding carboxylic acids is 2. The number of methoxy groups -OCH3 is 1. The van der Waals surface area contributed by atoms with Crippen LogP contribution < -0.4 is 5.32 Å². The second-order valence-electron chi connectivity index (χ2n) is 8.02. The van der Waals surface area contributed by atoms with Crippen molar-refractivity contribution in [3.63, 3.8) is 0 Å². The van der Waals surface area contributed by atoms with Gasteiger partial charge in [0.05, 0.1) is 12.7 Å². The fourth-order valence-electron chi connectivity index (χ4n) is 3.84. The molecule has 0 spiro atoms. The summed E-state index contributed by atoms with van der Waals surface area (Å²) in [5.74, 6) is 0.257. The van der Waals surface area contributed by atoms with Gasteiger partial charge in [-0.05, 0) is 111 Å². The highest BCUT2D eigenvalue weighted by Gasteiger charge is 2.17. The molecule has 2 aromatic carbocycles. The van der Waals surface area contributed by atoms with Crippen molar-refractivity contribution in [3.05, 3.63) is 86.4 Å². The minimum Gasteiger partial charge on any atom is -0.465 e. The van der Waals surface area contributed by atoms with Crippen LogP contribution in [-0.4, -0.2) is 19.0 Å². The number of furan rings is 1. The van der Waals surface area contributed by atoms with Crippen molar-refractivity contribution in [1.29, 1.82) is 0 Å². The highest BCUT2D eigenvalue weighted by atomic mass is 16.5. The molecule has 31 heavy (non-hydrogen) atoms. The molecule has 0 unspecified atom stereocenters. The summed E-state index contributed by atoms with van der Waals surface area (Å²) in [6.45, 7) is 12.6. The Morgan fingerprint density at radius 3 is 2.06 bits per heavy atom. The summed E-state index contributed by atoms with van der Waals surface area (Å²) in [6, 6.07) is 8.54. The molecule has 0 atom stereocenters. The van der Waals surface area contributed by atoms with E-state index in [9.17, 15) is 9.59 Å². The number of anilines is 1. The number of carbonyl (C=O) groups is 2. The number of aryl methyl sites for hydroxylation is 1. The number of rotatable bonds is 5. The van der Waals surface area contributed by atoms with Crippen molar-refractivity contribution in [2.24, 2.45) is 0 Å². The predicted octanol–water partition coefficient (Wildman–Crippen LogP) is 5.76. The van der Waals surface area contributed by atoms with Crippen molar-refractivity contribution < 1.29 is 18.7 Å². The number of esters is 1. The third kappa shape index (κ3) is 4.41. The second-order valence-corrected chi connectivity index (χ2v) is 8.02. The molecule has 0 radical (unpaired) electrons. The van der Waals surface area contributed by atoms with E-state index in [-0.39, 0.29) is 11.7 Å². The Labute approximate surface area is 183 Å². The number of benzene rings is 2. The first kappa shape index (κ1) is 22.3. The van der Waals surface area contributed by atoms with Gasteiger partial charge in [-0.25, -0.2) is 4.79 Å². The SMILES string of the molecule is COC(=O)c1ccc(NC(=O)c2ccc(Cc3c(C)c(C)c(C)c(C)c3C)o2)c(C)c1. The fourth-order valence-corrected chi connectivity index (χ4v) is 3.84. The smallest absolute Gasteiger partial charge is 0.337 e. The maximum absolute atomic E-state index is 12.7. The molecule has 5 nitrogen and oxygen atoms in total. The van der Waals surface area contributed by atoms with Gasteiger partial charge >= 0.3 is 5.97 Å². The van der Waals surface area contributed by atoms with Crippen LogP contribution in [0.3, 0.4) is 0 Å². The Morgan fingerprint density at radius 1 is 0.871 bits per heavy atom. The van der Waals surface area contributed by atoms with Crippen LogP contribution in [0, 0.1) is 41.5 Å². The normalized spacial score (nSPS) is 10.8. The molecular weight excluding hydrogens is 390 g/mol. The van der Waals surface area contributed by atoms with Crippen molar-refractivity contribution >= 4 is 17.6 Å². The number of amides is 1. The van der Waals surface area contributed by atoms with Gasteiger partial charge in [0.25, 0.3) is 5.91 Å². The molecule has 0 bridgehead atoms. The van der Waals surface area contributed by atoms with Crippen molar-refractivity contribution in [2.75, 3.05) is 12.4 Å². The zero-order chi connectivity index (χ0) is 22.9. The zero-order valence-corrected chi connectivity index (χ0v) is 19.2. The van der Waals surface area contributed by atoms with E-state index in [1.165, 1.54) is 40.5 Å². The lowest BCUT2D eigenvalue weighted by Crippen LogP contribution is -2.12. The molecule has 1 aromatic heterocycles. The van der Waals surface area contributed by atoms with Crippen LogP contribution in [0.1, 0.15) is 65.6 Å². The molecule has 5 heteroatoms. The lowest BCUT2D eigenvalue weighted by atomic mass is 9.88. The Morgan fingerprint density at radius 2 is 1.48 bits per heavy atom. The van der Waals surface area contributed by atoms with Gasteiger partial charge in [-0.3, -0.25) is 4.79 Å². The topological polar surface area (TPSA) is 68.5 Å². The van der Waals surface area contributed by atoms with E-state index in [4.69, 9.17) is 9.15 Å². The molecular formula is C26H29NO4. The average molecular weight is 420 g/mol. The van der Waals surface area contributed by atoms with E-state index < -0.39 is 5.97 Å². The molecule has 1 amide bonds. The summed E-state index contributed by atoms with van der Waals surface area (Å²) in [7, 11) is 1.34. The summed E-state index contributed by atoms with van der Waals surface area (Å²) >= 11 is 0. The molecule has 1 N–H and O–H groups in total. The van der Waals surface area contributed by atoms with E-state index in [1.54, 1.807) is 24.3 Å². The van der Waals surface area contributed by atoms with Gasteiger partial charge in [0.1, 0.15) is 5.76 Å². The lowest BCUT2D eigenvalue weighted by Gasteiger charge is -2.18. The van der Waals surface area contributed by atoms with Crippen LogP contribution in [0.15, 0.2) is 34.7 Å². The van der Waals surface area contributed by atoms with Gasteiger partial charge in [-0.15, -0.1) is 0 Å². The Hall–Kier alpha value is -3.34. The Bertz CT molecular complexity index is 1140. The first-order chi connectivity index (χ1) is 14.6. The molecule has 0 aliphatic carbocycles. The largest absolute Gasteiger partial charge is 0.465 e. The summed E-state index contributed by atoms with van der Waals surface area (Å²) < 4.78 is 10.6. The quantitative estimate of drug-likeness (QED) is 0.534. The Kier molecular flexibility index (Phi) is 6.34. The van der Waals surface area contributed by atoms with E-state index >= 15 is 0 Å². The zero-order valence-electron chi connectivity index (χ0n) is 19.2. The van der Waals surface area contributed by atoms with E-state index in [0.29, 0.717) is 17.7 Å². The third-order valence-electron chi connectivity index (χ3n) is 6.29. The highest BCUT2D eigenvalue weighted by molar-refractivity contribution is 6.03. The Balaban J connectivity index is 1.79. The fraction of sp³-hybridized carbons (Fsp3) is 0.308. The molecule has 162 valence electrons. The predicted molar refractivity (Wildman–Crippen MR) is 122 cm³/mol. The standard InChI is InChI=1S/C26H29NO4/c1-14-12-20(26(29)30-7)8-10-23(14)27-25(28)24-11-9-21(31-24)13-22-18(5)16(3)15(2)17(4)19(22)6/h8-12H,13H2,1-7H3,(H,27,28). The van der Waals surface area contributed by atoms with Gasteiger partial charge in [-0.1, -0.05) is 0 Å². The molecule has 3 rings (SSSR count). The maximum atomic E-state index is 12.7. The van der Waals surface area contributed by atoms with E-state index in [2.05, 4.69) is 39.9 Å². The minimum absolute atomic E-state index is 0.252. The van der Waals surface area contributed by atoms with Crippen molar-refractivity contribution in [1.82, 2.24) is 0 Å². The summed E-state index contributed by atoms with van der Waals surface area (Å²) in [5.41, 5.74) is 9.53. The molecule has 0 fully saturated rings. The van der Waals surface area contributed by atoms with E-state index in [0.717, 1.165) is 11.3 Å². The molecule has 0 aliphatic rings. The van der Waals surface area contributed by atoms with Gasteiger partial charge in [-0.2, -0.15) is 0 Å². The molecule has 3 aromatic rings. The second kappa shape index (κ2) is 8.80. The first-order valence-corrected chi connectivity index (χ1v) is 10.3. The van der Waals surface area contributed by atoms with Crippen LogP contribution in [0.4, 0.5) is 5.69 Å². The molecule has 1 heterocycles. The van der Waals surface area contributed by atoms with Gasteiger partial charge < -0.3 is 14.5 Å². The third-order valence-corrected chi connectivity index (χ3v) is 6.29.